The average Bonchev–Trinajstić information content (AvgIpc) is 3.03. The lowest BCUT2D eigenvalue weighted by Gasteiger charge is -2.22. The number of rotatable bonds is 1. The smallest absolute Gasteiger partial charge is 0.234 e. The minimum absolute atomic E-state index is 0.0479. The molecule has 2 fully saturated rings. The van der Waals surface area contributed by atoms with Crippen molar-refractivity contribution in [2.24, 2.45) is 11.8 Å². The first-order valence-corrected chi connectivity index (χ1v) is 7.89. The Bertz CT molecular complexity index is 822. The van der Waals surface area contributed by atoms with Crippen LogP contribution >= 0.6 is 0 Å². The number of hydrogen-bond acceptors (Lipinski definition) is 4. The summed E-state index contributed by atoms with van der Waals surface area (Å²) in [7, 11) is 1.59. The van der Waals surface area contributed by atoms with Gasteiger partial charge in [0.1, 0.15) is 0 Å². The van der Waals surface area contributed by atoms with E-state index in [9.17, 15) is 9.59 Å². The Morgan fingerprint density at radius 3 is 2.39 bits per heavy atom. The Hall–Kier alpha value is -2.43. The highest BCUT2D eigenvalue weighted by Crippen LogP contribution is 2.38. The number of amides is 2. The first-order chi connectivity index (χ1) is 11.0. The number of imide groups is 1. The molecule has 1 aromatic carbocycles. The second-order valence-corrected chi connectivity index (χ2v) is 6.66. The zero-order chi connectivity index (χ0) is 16.3. The zero-order valence-electron chi connectivity index (χ0n) is 13.5. The fourth-order valence-electron chi connectivity index (χ4n) is 3.98. The first kappa shape index (κ1) is 14.2. The molecule has 4 rings (SSSR count). The van der Waals surface area contributed by atoms with Crippen LogP contribution in [0.25, 0.3) is 10.9 Å². The van der Waals surface area contributed by atoms with E-state index in [1.807, 2.05) is 12.3 Å². The van der Waals surface area contributed by atoms with Gasteiger partial charge in [-0.2, -0.15) is 0 Å². The minimum atomic E-state index is -0.207. The van der Waals surface area contributed by atoms with Gasteiger partial charge in [0.05, 0.1) is 17.4 Å². The fourth-order valence-corrected chi connectivity index (χ4v) is 3.98. The van der Waals surface area contributed by atoms with E-state index in [1.54, 1.807) is 7.05 Å². The van der Waals surface area contributed by atoms with Crippen LogP contribution in [0.3, 0.4) is 0 Å². The molecule has 1 aromatic heterocycles. The van der Waals surface area contributed by atoms with Crippen molar-refractivity contribution >= 4 is 28.4 Å². The molecular formula is C18H19N3O2. The zero-order valence-corrected chi connectivity index (χ0v) is 13.5. The maximum absolute atomic E-state index is 12.2. The molecule has 3 heterocycles. The second-order valence-electron chi connectivity index (χ2n) is 6.66. The van der Waals surface area contributed by atoms with Crippen molar-refractivity contribution in [2.45, 2.75) is 13.8 Å². The molecule has 5 heteroatoms. The summed E-state index contributed by atoms with van der Waals surface area (Å²) in [4.78, 5) is 32.4. The third-order valence-electron chi connectivity index (χ3n) is 5.11. The number of pyridine rings is 1. The standard InChI is InChI=1S/C18H19N3O2/c1-10-6-11(2)16-12(7-10)15(4-5-19-16)21-8-13-14(9-21)18(23)20(3)17(13)22/h4-7,13-14H,8-9H2,1-3H3/t13-,14+. The Balaban J connectivity index is 1.77. The summed E-state index contributed by atoms with van der Waals surface area (Å²) in [6, 6.07) is 6.25. The van der Waals surface area contributed by atoms with Crippen LogP contribution in [-0.4, -0.2) is 41.8 Å². The van der Waals surface area contributed by atoms with E-state index in [2.05, 4.69) is 35.9 Å². The molecule has 118 valence electrons. The average molecular weight is 309 g/mol. The summed E-state index contributed by atoms with van der Waals surface area (Å²) >= 11 is 0. The predicted molar refractivity (Wildman–Crippen MR) is 88.2 cm³/mol. The molecule has 2 aromatic rings. The highest BCUT2D eigenvalue weighted by atomic mass is 16.2. The van der Waals surface area contributed by atoms with Crippen LogP contribution in [0.5, 0.6) is 0 Å². The third kappa shape index (κ3) is 1.96. The van der Waals surface area contributed by atoms with Gasteiger partial charge in [0.25, 0.3) is 0 Å². The minimum Gasteiger partial charge on any atom is -0.369 e. The van der Waals surface area contributed by atoms with Gasteiger partial charge in [-0.15, -0.1) is 0 Å². The number of aromatic nitrogens is 1. The van der Waals surface area contributed by atoms with Crippen LogP contribution in [-0.2, 0) is 9.59 Å². The normalized spacial score (nSPS) is 24.0. The molecule has 2 amide bonds. The van der Waals surface area contributed by atoms with Crippen molar-refractivity contribution < 1.29 is 9.59 Å². The van der Waals surface area contributed by atoms with Crippen molar-refractivity contribution in [3.8, 4) is 0 Å². The van der Waals surface area contributed by atoms with Crippen LogP contribution < -0.4 is 4.90 Å². The van der Waals surface area contributed by atoms with E-state index < -0.39 is 0 Å². The van der Waals surface area contributed by atoms with Crippen molar-refractivity contribution in [2.75, 3.05) is 25.0 Å². The Kier molecular flexibility index (Phi) is 2.95. The van der Waals surface area contributed by atoms with E-state index in [0.717, 1.165) is 22.2 Å². The van der Waals surface area contributed by atoms with Gasteiger partial charge in [-0.05, 0) is 31.5 Å². The van der Waals surface area contributed by atoms with Gasteiger partial charge in [0.15, 0.2) is 0 Å². The van der Waals surface area contributed by atoms with Crippen LogP contribution in [0.4, 0.5) is 5.69 Å². The van der Waals surface area contributed by atoms with Gasteiger partial charge in [0.2, 0.25) is 11.8 Å². The molecule has 0 spiro atoms. The number of carbonyl (C=O) groups is 2. The molecule has 2 atom stereocenters. The number of benzene rings is 1. The molecule has 0 N–H and O–H groups in total. The number of nitrogens with zero attached hydrogens (tertiary/aromatic N) is 3. The lowest BCUT2D eigenvalue weighted by molar-refractivity contribution is -0.138. The third-order valence-corrected chi connectivity index (χ3v) is 5.11. The molecule has 5 nitrogen and oxygen atoms in total. The number of fused-ring (bicyclic) bond motifs is 2. The maximum Gasteiger partial charge on any atom is 0.234 e. The van der Waals surface area contributed by atoms with E-state index >= 15 is 0 Å². The number of anilines is 1. The molecule has 0 unspecified atom stereocenters. The van der Waals surface area contributed by atoms with E-state index in [-0.39, 0.29) is 23.7 Å². The van der Waals surface area contributed by atoms with Gasteiger partial charge in [0, 0.05) is 37.4 Å². The topological polar surface area (TPSA) is 53.5 Å². The maximum atomic E-state index is 12.2. The van der Waals surface area contributed by atoms with Gasteiger partial charge in [-0.25, -0.2) is 0 Å². The Labute approximate surface area is 134 Å². The van der Waals surface area contributed by atoms with Crippen molar-refractivity contribution in [1.29, 1.82) is 0 Å². The number of likely N-dealkylation sites (tertiary alicyclic amines) is 1. The summed E-state index contributed by atoms with van der Waals surface area (Å²) in [5, 5.41) is 1.10. The molecule has 0 bridgehead atoms. The van der Waals surface area contributed by atoms with Crippen molar-refractivity contribution in [3.05, 3.63) is 35.5 Å². The van der Waals surface area contributed by atoms with Gasteiger partial charge in [-0.3, -0.25) is 19.5 Å². The van der Waals surface area contributed by atoms with Crippen LogP contribution in [0.1, 0.15) is 11.1 Å². The van der Waals surface area contributed by atoms with Crippen molar-refractivity contribution in [1.82, 2.24) is 9.88 Å². The molecule has 2 aliphatic rings. The van der Waals surface area contributed by atoms with Gasteiger partial charge < -0.3 is 4.90 Å². The molecule has 23 heavy (non-hydrogen) atoms. The first-order valence-electron chi connectivity index (χ1n) is 7.89. The lowest BCUT2D eigenvalue weighted by Crippen LogP contribution is -2.33. The largest absolute Gasteiger partial charge is 0.369 e. The SMILES string of the molecule is Cc1cc(C)c2nccc(N3C[C@@H]4C(=O)N(C)C(=O)[C@@H]4C3)c2c1. The summed E-state index contributed by atoms with van der Waals surface area (Å²) < 4.78 is 0. The second kappa shape index (κ2) is 4.78. The van der Waals surface area contributed by atoms with Gasteiger partial charge >= 0.3 is 0 Å². The number of aryl methyl sites for hydroxylation is 2. The summed E-state index contributed by atoms with van der Waals surface area (Å²) in [5.74, 6) is -0.510. The fraction of sp³-hybridized carbons (Fsp3) is 0.389. The lowest BCUT2D eigenvalue weighted by atomic mass is 10.00. The molecule has 2 saturated heterocycles. The number of carbonyl (C=O) groups excluding carboxylic acids is 2. The highest BCUT2D eigenvalue weighted by Gasteiger charge is 2.51. The van der Waals surface area contributed by atoms with E-state index in [0.29, 0.717) is 13.1 Å². The van der Waals surface area contributed by atoms with Crippen LogP contribution in [0.2, 0.25) is 0 Å². The molecular weight excluding hydrogens is 290 g/mol. The highest BCUT2D eigenvalue weighted by molar-refractivity contribution is 6.06. The quantitative estimate of drug-likeness (QED) is 0.755. The van der Waals surface area contributed by atoms with Gasteiger partial charge in [-0.1, -0.05) is 11.6 Å². The molecule has 2 aliphatic heterocycles. The van der Waals surface area contributed by atoms with Crippen LogP contribution in [0.15, 0.2) is 24.4 Å². The van der Waals surface area contributed by atoms with Crippen LogP contribution in [0, 0.1) is 25.7 Å². The Morgan fingerprint density at radius 2 is 1.74 bits per heavy atom. The number of hydrogen-bond donors (Lipinski definition) is 0. The molecule has 0 saturated carbocycles. The van der Waals surface area contributed by atoms with E-state index in [1.165, 1.54) is 10.5 Å². The van der Waals surface area contributed by atoms with E-state index in [4.69, 9.17) is 0 Å². The Morgan fingerprint density at radius 1 is 1.09 bits per heavy atom. The monoisotopic (exact) mass is 309 g/mol. The summed E-state index contributed by atoms with van der Waals surface area (Å²) in [6.45, 7) is 5.34. The summed E-state index contributed by atoms with van der Waals surface area (Å²) in [6.07, 6.45) is 1.81. The van der Waals surface area contributed by atoms with Crippen molar-refractivity contribution in [3.63, 3.8) is 0 Å². The predicted octanol–water partition coefficient (Wildman–Crippen LogP) is 1.90. The summed E-state index contributed by atoms with van der Waals surface area (Å²) in [5.41, 5.74) is 4.39. The molecule has 0 radical (unpaired) electrons. The molecule has 0 aliphatic carbocycles.